The van der Waals surface area contributed by atoms with Gasteiger partial charge in [-0.25, -0.2) is 8.42 Å². The van der Waals surface area contributed by atoms with Crippen LogP contribution in [0.1, 0.15) is 41.8 Å². The summed E-state index contributed by atoms with van der Waals surface area (Å²) in [5, 5.41) is 2.84. The van der Waals surface area contributed by atoms with E-state index < -0.39 is 10.0 Å². The van der Waals surface area contributed by atoms with Gasteiger partial charge in [0.05, 0.1) is 4.90 Å². The number of carbonyl (C=O) groups is 1. The van der Waals surface area contributed by atoms with Crippen LogP contribution in [0.2, 0.25) is 0 Å². The number of rotatable bonds is 7. The van der Waals surface area contributed by atoms with E-state index in [2.05, 4.69) is 23.9 Å². The third-order valence-corrected chi connectivity index (χ3v) is 5.31. The second kappa shape index (κ2) is 8.36. The van der Waals surface area contributed by atoms with Crippen LogP contribution in [-0.2, 0) is 10.0 Å². The van der Waals surface area contributed by atoms with Gasteiger partial charge >= 0.3 is 0 Å². The minimum atomic E-state index is -3.70. The summed E-state index contributed by atoms with van der Waals surface area (Å²) < 4.78 is 27.7. The minimum absolute atomic E-state index is 0.121. The molecule has 26 heavy (non-hydrogen) atoms. The number of amides is 1. The molecular formula is C20H26N2O3S. The Morgan fingerprint density at radius 1 is 1.00 bits per heavy atom. The standard InChI is InChI=1S/C20H26N2O3S/c1-14(2)9-10-21-20(23)17-5-7-19(8-6-17)26(24,25)22-18-12-15(3)11-16(4)13-18/h5-8,11-14,22H,9-10H2,1-4H3,(H,21,23). The second-order valence-electron chi connectivity index (χ2n) is 6.94. The maximum absolute atomic E-state index is 12.5. The van der Waals surface area contributed by atoms with Crippen molar-refractivity contribution in [1.82, 2.24) is 5.32 Å². The lowest BCUT2D eigenvalue weighted by Crippen LogP contribution is -2.25. The van der Waals surface area contributed by atoms with Crippen LogP contribution >= 0.6 is 0 Å². The van der Waals surface area contributed by atoms with Gasteiger partial charge in [0.1, 0.15) is 0 Å². The Hall–Kier alpha value is -2.34. The summed E-state index contributed by atoms with van der Waals surface area (Å²) in [5.41, 5.74) is 2.93. The Kier molecular flexibility index (Phi) is 6.42. The van der Waals surface area contributed by atoms with Gasteiger partial charge in [-0.15, -0.1) is 0 Å². The van der Waals surface area contributed by atoms with E-state index in [0.29, 0.717) is 23.7 Å². The van der Waals surface area contributed by atoms with Crippen LogP contribution in [0.4, 0.5) is 5.69 Å². The van der Waals surface area contributed by atoms with Crippen LogP contribution in [0, 0.1) is 19.8 Å². The monoisotopic (exact) mass is 374 g/mol. The van der Waals surface area contributed by atoms with E-state index in [1.165, 1.54) is 24.3 Å². The molecule has 0 radical (unpaired) electrons. The lowest BCUT2D eigenvalue weighted by molar-refractivity contribution is 0.0952. The van der Waals surface area contributed by atoms with Crippen molar-refractivity contribution in [3.63, 3.8) is 0 Å². The van der Waals surface area contributed by atoms with Gasteiger partial charge in [0.2, 0.25) is 0 Å². The largest absolute Gasteiger partial charge is 0.352 e. The van der Waals surface area contributed by atoms with Gasteiger partial charge in [0.15, 0.2) is 0 Å². The van der Waals surface area contributed by atoms with Gasteiger partial charge in [-0.05, 0) is 73.7 Å². The zero-order valence-corrected chi connectivity index (χ0v) is 16.5. The third kappa shape index (κ3) is 5.59. The van der Waals surface area contributed by atoms with Gasteiger partial charge < -0.3 is 5.32 Å². The van der Waals surface area contributed by atoms with Crippen LogP contribution < -0.4 is 10.0 Å². The molecule has 2 aromatic rings. The fourth-order valence-corrected chi connectivity index (χ4v) is 3.65. The zero-order chi connectivity index (χ0) is 19.3. The highest BCUT2D eigenvalue weighted by Crippen LogP contribution is 2.19. The number of anilines is 1. The number of aryl methyl sites for hydroxylation is 2. The Morgan fingerprint density at radius 3 is 2.12 bits per heavy atom. The Bertz CT molecular complexity index is 852. The molecule has 1 amide bonds. The van der Waals surface area contributed by atoms with Crippen LogP contribution in [-0.4, -0.2) is 20.9 Å². The molecule has 0 heterocycles. The third-order valence-electron chi connectivity index (χ3n) is 3.91. The number of hydrogen-bond donors (Lipinski definition) is 2. The summed E-state index contributed by atoms with van der Waals surface area (Å²) in [4.78, 5) is 12.2. The molecule has 0 aromatic heterocycles. The highest BCUT2D eigenvalue weighted by Gasteiger charge is 2.15. The molecule has 0 saturated carbocycles. The molecule has 0 spiro atoms. The van der Waals surface area contributed by atoms with Gasteiger partial charge in [-0.3, -0.25) is 9.52 Å². The lowest BCUT2D eigenvalue weighted by atomic mass is 10.1. The van der Waals surface area contributed by atoms with Crippen molar-refractivity contribution in [3.05, 3.63) is 59.2 Å². The topological polar surface area (TPSA) is 75.3 Å². The van der Waals surface area contributed by atoms with Crippen molar-refractivity contribution < 1.29 is 13.2 Å². The molecule has 140 valence electrons. The van der Waals surface area contributed by atoms with Crippen molar-refractivity contribution in [1.29, 1.82) is 0 Å². The van der Waals surface area contributed by atoms with Gasteiger partial charge in [-0.2, -0.15) is 0 Å². The highest BCUT2D eigenvalue weighted by atomic mass is 32.2. The molecule has 6 heteroatoms. The van der Waals surface area contributed by atoms with Crippen molar-refractivity contribution in [2.75, 3.05) is 11.3 Å². The first kappa shape index (κ1) is 20.0. The molecule has 0 aliphatic rings. The van der Waals surface area contributed by atoms with Crippen LogP contribution in [0.5, 0.6) is 0 Å². The molecule has 2 N–H and O–H groups in total. The van der Waals surface area contributed by atoms with Gasteiger partial charge in [0.25, 0.3) is 15.9 Å². The molecule has 0 atom stereocenters. The molecule has 0 bridgehead atoms. The maximum atomic E-state index is 12.5. The second-order valence-corrected chi connectivity index (χ2v) is 8.63. The van der Waals surface area contributed by atoms with Crippen molar-refractivity contribution in [3.8, 4) is 0 Å². The first-order valence-corrected chi connectivity index (χ1v) is 10.1. The average molecular weight is 375 g/mol. The van der Waals surface area contributed by atoms with E-state index in [0.717, 1.165) is 17.5 Å². The number of benzene rings is 2. The number of carbonyl (C=O) groups excluding carboxylic acids is 1. The van der Waals surface area contributed by atoms with Crippen molar-refractivity contribution in [2.45, 2.75) is 39.0 Å². The molecular weight excluding hydrogens is 348 g/mol. The van der Waals surface area contributed by atoms with Crippen LogP contribution in [0.25, 0.3) is 0 Å². The smallest absolute Gasteiger partial charge is 0.261 e. The zero-order valence-electron chi connectivity index (χ0n) is 15.7. The van der Waals surface area contributed by atoms with E-state index >= 15 is 0 Å². The van der Waals surface area contributed by atoms with Gasteiger partial charge in [-0.1, -0.05) is 19.9 Å². The van der Waals surface area contributed by atoms with E-state index in [9.17, 15) is 13.2 Å². The predicted molar refractivity (Wildman–Crippen MR) is 105 cm³/mol. The summed E-state index contributed by atoms with van der Waals surface area (Å²) in [6.07, 6.45) is 0.901. The van der Waals surface area contributed by atoms with Gasteiger partial charge in [0, 0.05) is 17.8 Å². The molecule has 5 nitrogen and oxygen atoms in total. The molecule has 0 unspecified atom stereocenters. The molecule has 2 aromatic carbocycles. The van der Waals surface area contributed by atoms with Crippen LogP contribution in [0.3, 0.4) is 0 Å². The van der Waals surface area contributed by atoms with Crippen molar-refractivity contribution in [2.24, 2.45) is 5.92 Å². The fourth-order valence-electron chi connectivity index (χ4n) is 2.61. The average Bonchev–Trinajstić information content (AvgIpc) is 2.53. The SMILES string of the molecule is Cc1cc(C)cc(NS(=O)(=O)c2ccc(C(=O)NCCC(C)C)cc2)c1. The minimum Gasteiger partial charge on any atom is -0.352 e. The number of sulfonamides is 1. The Morgan fingerprint density at radius 2 is 1.58 bits per heavy atom. The van der Waals surface area contributed by atoms with E-state index in [4.69, 9.17) is 0 Å². The van der Waals surface area contributed by atoms with E-state index in [1.54, 1.807) is 12.1 Å². The van der Waals surface area contributed by atoms with Crippen molar-refractivity contribution >= 4 is 21.6 Å². The molecule has 2 rings (SSSR count). The Balaban J connectivity index is 2.09. The predicted octanol–water partition coefficient (Wildman–Crippen LogP) is 3.88. The first-order chi connectivity index (χ1) is 12.2. The van der Waals surface area contributed by atoms with E-state index in [-0.39, 0.29) is 10.8 Å². The van der Waals surface area contributed by atoms with Crippen LogP contribution in [0.15, 0.2) is 47.4 Å². The highest BCUT2D eigenvalue weighted by molar-refractivity contribution is 7.92. The number of hydrogen-bond acceptors (Lipinski definition) is 3. The molecule has 0 fully saturated rings. The summed E-state index contributed by atoms with van der Waals surface area (Å²) in [6.45, 7) is 8.61. The quantitative estimate of drug-likeness (QED) is 0.772. The van der Waals surface area contributed by atoms with E-state index in [1.807, 2.05) is 19.9 Å². The molecule has 0 aliphatic carbocycles. The summed E-state index contributed by atoms with van der Waals surface area (Å²) in [7, 11) is -3.70. The first-order valence-electron chi connectivity index (χ1n) is 8.67. The molecule has 0 aliphatic heterocycles. The molecule has 0 saturated heterocycles. The normalized spacial score (nSPS) is 11.4. The summed E-state index contributed by atoms with van der Waals surface area (Å²) in [5.74, 6) is 0.316. The summed E-state index contributed by atoms with van der Waals surface area (Å²) in [6, 6.07) is 11.5. The summed E-state index contributed by atoms with van der Waals surface area (Å²) >= 11 is 0. The fraction of sp³-hybridized carbons (Fsp3) is 0.350. The Labute approximate surface area is 155 Å². The lowest BCUT2D eigenvalue weighted by Gasteiger charge is -2.11. The maximum Gasteiger partial charge on any atom is 0.261 e. The number of nitrogens with one attached hydrogen (secondary N) is 2.